The molecule has 2 aromatic carbocycles. The number of benzene rings is 2. The van der Waals surface area contributed by atoms with Crippen molar-refractivity contribution in [3.05, 3.63) is 64.2 Å². The number of carbonyl (C=O) groups excluding carboxylic acids is 2. The number of likely N-dealkylation sites (N-methyl/N-ethyl adjacent to an activating group) is 1. The first kappa shape index (κ1) is 27.7. The van der Waals surface area contributed by atoms with Gasteiger partial charge in [0, 0.05) is 31.1 Å². The molecule has 1 atom stereocenters. The predicted molar refractivity (Wildman–Crippen MR) is 137 cm³/mol. The monoisotopic (exact) mass is 507 g/mol. The molecule has 34 heavy (non-hydrogen) atoms. The molecule has 0 aliphatic heterocycles. The molecule has 0 saturated carbocycles. The van der Waals surface area contributed by atoms with Crippen molar-refractivity contribution in [3.8, 4) is 0 Å². The van der Waals surface area contributed by atoms with Crippen molar-refractivity contribution in [1.29, 1.82) is 0 Å². The van der Waals surface area contributed by atoms with E-state index in [9.17, 15) is 18.0 Å². The van der Waals surface area contributed by atoms with E-state index < -0.39 is 16.1 Å². The fourth-order valence-corrected chi connectivity index (χ4v) is 4.81. The summed E-state index contributed by atoms with van der Waals surface area (Å²) >= 11 is 6.09. The molecule has 0 heterocycles. The highest BCUT2D eigenvalue weighted by atomic mass is 35.5. The van der Waals surface area contributed by atoms with Crippen LogP contribution in [0.5, 0.6) is 0 Å². The van der Waals surface area contributed by atoms with Gasteiger partial charge in [-0.25, -0.2) is 8.42 Å². The normalized spacial score (nSPS) is 12.2. The Morgan fingerprint density at radius 3 is 2.32 bits per heavy atom. The van der Waals surface area contributed by atoms with Gasteiger partial charge in [-0.15, -0.1) is 0 Å². The molecule has 0 aromatic heterocycles. The van der Waals surface area contributed by atoms with Crippen LogP contribution in [-0.4, -0.2) is 50.5 Å². The first-order chi connectivity index (χ1) is 15.9. The lowest BCUT2D eigenvalue weighted by Crippen LogP contribution is -2.47. The minimum atomic E-state index is -3.58. The van der Waals surface area contributed by atoms with Gasteiger partial charge in [0.1, 0.15) is 6.04 Å². The molecule has 1 N–H and O–H groups in total. The molecule has 0 fully saturated rings. The highest BCUT2D eigenvalue weighted by Gasteiger charge is 2.26. The Labute approximate surface area is 208 Å². The number of nitrogens with one attached hydrogen (secondary N) is 1. The summed E-state index contributed by atoms with van der Waals surface area (Å²) in [6.07, 6.45) is 1.53. The van der Waals surface area contributed by atoms with E-state index in [0.717, 1.165) is 22.9 Å². The third-order valence-corrected chi connectivity index (χ3v) is 7.00. The molecule has 0 spiro atoms. The molecular weight excluding hydrogens is 474 g/mol. The first-order valence-electron chi connectivity index (χ1n) is 11.3. The molecular formula is C25H34ClN3O4S. The number of carbonyl (C=O) groups is 2. The van der Waals surface area contributed by atoms with E-state index in [1.807, 2.05) is 45.0 Å². The Kier molecular flexibility index (Phi) is 9.94. The molecule has 2 amide bonds. The van der Waals surface area contributed by atoms with Gasteiger partial charge in [-0.05, 0) is 57.4 Å². The Bertz CT molecular complexity index is 1100. The summed E-state index contributed by atoms with van der Waals surface area (Å²) in [6, 6.07) is 12.2. The third-order valence-electron chi connectivity index (χ3n) is 5.58. The molecule has 7 nitrogen and oxygen atoms in total. The summed E-state index contributed by atoms with van der Waals surface area (Å²) in [4.78, 5) is 27.3. The summed E-state index contributed by atoms with van der Waals surface area (Å²) in [5.41, 5.74) is 3.29. The standard InChI is InChI=1S/C25H34ClN3O4S/c1-6-27-25(31)20(4)28(17-21-12-9-18(2)10-13-21)24(30)8-7-15-29(34(5,32)33)23-16-22(26)14-11-19(23)3/h9-14,16,20H,6-8,15,17H2,1-5H3,(H,27,31)/t20-/m1/s1. The van der Waals surface area contributed by atoms with Crippen molar-refractivity contribution in [1.82, 2.24) is 10.2 Å². The fraction of sp³-hybridized carbons (Fsp3) is 0.440. The molecule has 0 saturated heterocycles. The second kappa shape index (κ2) is 12.2. The van der Waals surface area contributed by atoms with Crippen molar-refractivity contribution < 1.29 is 18.0 Å². The lowest BCUT2D eigenvalue weighted by Gasteiger charge is -2.29. The van der Waals surface area contributed by atoms with E-state index in [-0.39, 0.29) is 24.8 Å². The van der Waals surface area contributed by atoms with Crippen molar-refractivity contribution in [2.24, 2.45) is 0 Å². The Hall–Kier alpha value is -2.58. The zero-order valence-electron chi connectivity index (χ0n) is 20.5. The van der Waals surface area contributed by atoms with Gasteiger partial charge in [-0.3, -0.25) is 13.9 Å². The average Bonchev–Trinajstić information content (AvgIpc) is 2.77. The van der Waals surface area contributed by atoms with Crippen LogP contribution in [-0.2, 0) is 26.2 Å². The Morgan fingerprint density at radius 1 is 1.09 bits per heavy atom. The maximum atomic E-state index is 13.2. The zero-order chi connectivity index (χ0) is 25.5. The van der Waals surface area contributed by atoms with Gasteiger partial charge in [-0.2, -0.15) is 0 Å². The Balaban J connectivity index is 2.18. The molecule has 0 unspecified atom stereocenters. The zero-order valence-corrected chi connectivity index (χ0v) is 22.0. The van der Waals surface area contributed by atoms with Gasteiger partial charge >= 0.3 is 0 Å². The van der Waals surface area contributed by atoms with Crippen LogP contribution in [0.4, 0.5) is 5.69 Å². The molecule has 2 rings (SSSR count). The molecule has 0 aliphatic rings. The highest BCUT2D eigenvalue weighted by molar-refractivity contribution is 7.92. The fourth-order valence-electron chi connectivity index (χ4n) is 3.63. The minimum absolute atomic E-state index is 0.0985. The topological polar surface area (TPSA) is 86.8 Å². The third kappa shape index (κ3) is 7.74. The highest BCUT2D eigenvalue weighted by Crippen LogP contribution is 2.27. The molecule has 0 aliphatic carbocycles. The minimum Gasteiger partial charge on any atom is -0.355 e. The SMILES string of the molecule is CCNC(=O)[C@@H](C)N(Cc1ccc(C)cc1)C(=O)CCCN(c1cc(Cl)ccc1C)S(C)(=O)=O. The number of anilines is 1. The van der Waals surface area contributed by atoms with Gasteiger partial charge in [0.25, 0.3) is 0 Å². The lowest BCUT2D eigenvalue weighted by molar-refractivity contribution is -0.140. The molecule has 9 heteroatoms. The van der Waals surface area contributed by atoms with Crippen molar-refractivity contribution in [2.45, 2.75) is 53.1 Å². The van der Waals surface area contributed by atoms with E-state index in [0.29, 0.717) is 30.2 Å². The summed E-state index contributed by atoms with van der Waals surface area (Å²) in [6.45, 7) is 8.22. The first-order valence-corrected chi connectivity index (χ1v) is 13.5. The lowest BCUT2D eigenvalue weighted by atomic mass is 10.1. The number of sulfonamides is 1. The van der Waals surface area contributed by atoms with Gasteiger partial charge in [0.05, 0.1) is 11.9 Å². The van der Waals surface area contributed by atoms with Crippen LogP contribution in [0.1, 0.15) is 43.4 Å². The van der Waals surface area contributed by atoms with Crippen molar-refractivity contribution >= 4 is 39.1 Å². The smallest absolute Gasteiger partial charge is 0.242 e. The van der Waals surface area contributed by atoms with Gasteiger partial charge in [0.2, 0.25) is 21.8 Å². The summed E-state index contributed by atoms with van der Waals surface area (Å²) in [5.74, 6) is -0.439. The summed E-state index contributed by atoms with van der Waals surface area (Å²) in [5, 5.41) is 3.21. The largest absolute Gasteiger partial charge is 0.355 e. The number of hydrogen-bond donors (Lipinski definition) is 1. The number of hydrogen-bond acceptors (Lipinski definition) is 4. The number of rotatable bonds is 11. The Morgan fingerprint density at radius 2 is 1.74 bits per heavy atom. The molecule has 0 radical (unpaired) electrons. The van der Waals surface area contributed by atoms with Crippen LogP contribution >= 0.6 is 11.6 Å². The molecule has 0 bridgehead atoms. The number of nitrogens with zero attached hydrogens (tertiary/aromatic N) is 2. The maximum Gasteiger partial charge on any atom is 0.242 e. The van der Waals surface area contributed by atoms with Crippen LogP contribution in [0.3, 0.4) is 0 Å². The van der Waals surface area contributed by atoms with E-state index in [4.69, 9.17) is 11.6 Å². The number of halogens is 1. The summed E-state index contributed by atoms with van der Waals surface area (Å²) in [7, 11) is -3.58. The predicted octanol–water partition coefficient (Wildman–Crippen LogP) is 4.06. The summed E-state index contributed by atoms with van der Waals surface area (Å²) < 4.78 is 26.2. The van der Waals surface area contributed by atoms with Gasteiger partial charge in [0.15, 0.2) is 0 Å². The van der Waals surface area contributed by atoms with Gasteiger partial charge in [-0.1, -0.05) is 47.5 Å². The maximum absolute atomic E-state index is 13.2. The van der Waals surface area contributed by atoms with E-state index in [1.165, 1.54) is 4.31 Å². The average molecular weight is 508 g/mol. The van der Waals surface area contributed by atoms with E-state index >= 15 is 0 Å². The second-order valence-corrected chi connectivity index (χ2v) is 10.8. The number of aryl methyl sites for hydroxylation is 2. The van der Waals surface area contributed by atoms with Gasteiger partial charge < -0.3 is 10.2 Å². The molecule has 2 aromatic rings. The van der Waals surface area contributed by atoms with E-state index in [1.54, 1.807) is 30.0 Å². The van der Waals surface area contributed by atoms with Crippen molar-refractivity contribution in [3.63, 3.8) is 0 Å². The quantitative estimate of drug-likeness (QED) is 0.497. The van der Waals surface area contributed by atoms with Crippen LogP contribution in [0.2, 0.25) is 5.02 Å². The second-order valence-electron chi connectivity index (χ2n) is 8.45. The van der Waals surface area contributed by atoms with Crippen LogP contribution in [0.25, 0.3) is 0 Å². The number of amides is 2. The van der Waals surface area contributed by atoms with Crippen LogP contribution in [0.15, 0.2) is 42.5 Å². The molecule has 186 valence electrons. The van der Waals surface area contributed by atoms with Crippen molar-refractivity contribution in [2.75, 3.05) is 23.7 Å². The van der Waals surface area contributed by atoms with Crippen LogP contribution < -0.4 is 9.62 Å². The van der Waals surface area contributed by atoms with E-state index in [2.05, 4.69) is 5.32 Å². The van der Waals surface area contributed by atoms with Crippen LogP contribution in [0, 0.1) is 13.8 Å².